The second-order valence-corrected chi connectivity index (χ2v) is 5.69. The Hall–Kier alpha value is -1.60. The van der Waals surface area contributed by atoms with Crippen LogP contribution in [0.15, 0.2) is 0 Å². The SMILES string of the molecule is Cc1nn(C)c(NC2C(N)C3CCCOC32)c1C(N)=O. The normalized spacial score (nSPS) is 32.4. The summed E-state index contributed by atoms with van der Waals surface area (Å²) >= 11 is 0. The number of nitrogens with two attached hydrogens (primary N) is 2. The van der Waals surface area contributed by atoms with Crippen LogP contribution in [0.5, 0.6) is 0 Å². The fourth-order valence-electron chi connectivity index (χ4n) is 3.40. The minimum absolute atomic E-state index is 0.00759. The number of primary amides is 1. The molecule has 0 radical (unpaired) electrons. The number of ether oxygens (including phenoxy) is 1. The first-order chi connectivity index (χ1) is 9.50. The largest absolute Gasteiger partial charge is 0.376 e. The molecule has 4 atom stereocenters. The van der Waals surface area contributed by atoms with Gasteiger partial charge >= 0.3 is 0 Å². The number of aryl methyl sites for hydroxylation is 2. The molecule has 0 bridgehead atoms. The molecule has 7 nitrogen and oxygen atoms in total. The number of hydrogen-bond acceptors (Lipinski definition) is 5. The lowest BCUT2D eigenvalue weighted by Gasteiger charge is -2.52. The summed E-state index contributed by atoms with van der Waals surface area (Å²) < 4.78 is 7.43. The summed E-state index contributed by atoms with van der Waals surface area (Å²) in [4.78, 5) is 11.6. The van der Waals surface area contributed by atoms with Gasteiger partial charge in [-0.2, -0.15) is 5.10 Å². The quantitative estimate of drug-likeness (QED) is 0.706. The number of amides is 1. The number of nitrogens with zero attached hydrogens (tertiary/aromatic N) is 2. The van der Waals surface area contributed by atoms with Crippen molar-refractivity contribution in [2.24, 2.45) is 24.4 Å². The highest BCUT2D eigenvalue weighted by atomic mass is 16.5. The third-order valence-corrected chi connectivity index (χ3v) is 4.45. The van der Waals surface area contributed by atoms with Crippen molar-refractivity contribution in [2.75, 3.05) is 11.9 Å². The van der Waals surface area contributed by atoms with E-state index in [1.165, 1.54) is 0 Å². The lowest BCUT2D eigenvalue weighted by molar-refractivity contribution is -0.104. The summed E-state index contributed by atoms with van der Waals surface area (Å²) in [6.45, 7) is 2.55. The van der Waals surface area contributed by atoms with Gasteiger partial charge in [-0.1, -0.05) is 0 Å². The zero-order valence-corrected chi connectivity index (χ0v) is 11.8. The Bertz CT molecular complexity index is 541. The van der Waals surface area contributed by atoms with Crippen molar-refractivity contribution in [1.82, 2.24) is 9.78 Å². The van der Waals surface area contributed by atoms with Crippen LogP contribution in [0.3, 0.4) is 0 Å². The monoisotopic (exact) mass is 279 g/mol. The highest BCUT2D eigenvalue weighted by Crippen LogP contribution is 2.39. The Labute approximate surface area is 117 Å². The molecule has 1 aromatic rings. The first kappa shape index (κ1) is 13.4. The summed E-state index contributed by atoms with van der Waals surface area (Å²) in [5, 5.41) is 7.56. The van der Waals surface area contributed by atoms with Gasteiger partial charge in [0.25, 0.3) is 5.91 Å². The Morgan fingerprint density at radius 3 is 3.00 bits per heavy atom. The van der Waals surface area contributed by atoms with E-state index in [2.05, 4.69) is 10.4 Å². The maximum atomic E-state index is 11.6. The molecule has 1 aromatic heterocycles. The van der Waals surface area contributed by atoms with Crippen LogP contribution in [0.4, 0.5) is 5.82 Å². The topological polar surface area (TPSA) is 108 Å². The number of carbonyl (C=O) groups is 1. The van der Waals surface area contributed by atoms with E-state index in [4.69, 9.17) is 16.2 Å². The molecule has 4 unspecified atom stereocenters. The minimum atomic E-state index is -0.480. The van der Waals surface area contributed by atoms with Crippen molar-refractivity contribution in [1.29, 1.82) is 0 Å². The van der Waals surface area contributed by atoms with Gasteiger partial charge in [0.1, 0.15) is 11.4 Å². The maximum absolute atomic E-state index is 11.6. The molecule has 2 heterocycles. The Morgan fingerprint density at radius 2 is 2.30 bits per heavy atom. The molecular weight excluding hydrogens is 258 g/mol. The molecule has 110 valence electrons. The van der Waals surface area contributed by atoms with Gasteiger partial charge in [-0.05, 0) is 19.8 Å². The Kier molecular flexibility index (Phi) is 3.18. The molecule has 2 fully saturated rings. The van der Waals surface area contributed by atoms with Crippen LogP contribution in [0.25, 0.3) is 0 Å². The lowest BCUT2D eigenvalue weighted by atomic mass is 9.68. The van der Waals surface area contributed by atoms with E-state index in [-0.39, 0.29) is 18.2 Å². The van der Waals surface area contributed by atoms with Crippen molar-refractivity contribution in [2.45, 2.75) is 38.0 Å². The third-order valence-electron chi connectivity index (χ3n) is 4.45. The van der Waals surface area contributed by atoms with E-state index < -0.39 is 5.91 Å². The van der Waals surface area contributed by atoms with E-state index in [1.807, 2.05) is 0 Å². The van der Waals surface area contributed by atoms with Crippen molar-refractivity contribution in [3.8, 4) is 0 Å². The Balaban J connectivity index is 1.83. The molecule has 5 N–H and O–H groups in total. The number of aromatic nitrogens is 2. The van der Waals surface area contributed by atoms with Crippen molar-refractivity contribution >= 4 is 11.7 Å². The average Bonchev–Trinajstić information content (AvgIpc) is 2.69. The van der Waals surface area contributed by atoms with E-state index >= 15 is 0 Å². The predicted octanol–water partition coefficient (Wildman–Crippen LogP) is -0.256. The predicted molar refractivity (Wildman–Crippen MR) is 74.3 cm³/mol. The average molecular weight is 279 g/mol. The smallest absolute Gasteiger partial charge is 0.254 e. The van der Waals surface area contributed by atoms with E-state index in [1.54, 1.807) is 18.7 Å². The van der Waals surface area contributed by atoms with Crippen LogP contribution in [-0.4, -0.2) is 40.5 Å². The van der Waals surface area contributed by atoms with E-state index in [0.717, 1.165) is 19.4 Å². The van der Waals surface area contributed by atoms with Crippen LogP contribution >= 0.6 is 0 Å². The molecule has 3 rings (SSSR count). The molecule has 2 aliphatic rings. The van der Waals surface area contributed by atoms with Gasteiger partial charge in [-0.3, -0.25) is 9.48 Å². The molecule has 1 saturated heterocycles. The van der Waals surface area contributed by atoms with Crippen LogP contribution < -0.4 is 16.8 Å². The van der Waals surface area contributed by atoms with E-state index in [9.17, 15) is 4.79 Å². The van der Waals surface area contributed by atoms with Crippen molar-refractivity contribution in [3.63, 3.8) is 0 Å². The molecule has 7 heteroatoms. The first-order valence-electron chi connectivity index (χ1n) is 6.98. The zero-order chi connectivity index (χ0) is 14.4. The second kappa shape index (κ2) is 4.75. The molecule has 1 aliphatic heterocycles. The fourth-order valence-corrected chi connectivity index (χ4v) is 3.40. The second-order valence-electron chi connectivity index (χ2n) is 5.69. The maximum Gasteiger partial charge on any atom is 0.254 e. The highest BCUT2D eigenvalue weighted by molar-refractivity contribution is 5.99. The molecule has 20 heavy (non-hydrogen) atoms. The number of fused-ring (bicyclic) bond motifs is 1. The molecule has 1 aliphatic carbocycles. The number of anilines is 1. The summed E-state index contributed by atoms with van der Waals surface area (Å²) in [6, 6.07) is 0.0458. The number of carbonyl (C=O) groups excluding carboxylic acids is 1. The number of nitrogens with one attached hydrogen (secondary N) is 1. The van der Waals surface area contributed by atoms with E-state index in [0.29, 0.717) is 23.0 Å². The van der Waals surface area contributed by atoms with Crippen LogP contribution in [0.1, 0.15) is 28.9 Å². The van der Waals surface area contributed by atoms with Crippen molar-refractivity contribution < 1.29 is 9.53 Å². The summed E-state index contributed by atoms with van der Waals surface area (Å²) in [6.07, 6.45) is 2.30. The highest BCUT2D eigenvalue weighted by Gasteiger charge is 2.51. The van der Waals surface area contributed by atoms with Gasteiger partial charge in [0.2, 0.25) is 0 Å². The minimum Gasteiger partial charge on any atom is -0.376 e. The first-order valence-corrected chi connectivity index (χ1v) is 6.98. The van der Waals surface area contributed by atoms with Gasteiger partial charge in [0.15, 0.2) is 0 Å². The molecular formula is C13H21N5O2. The van der Waals surface area contributed by atoms with Gasteiger partial charge in [0, 0.05) is 25.6 Å². The third kappa shape index (κ3) is 1.89. The van der Waals surface area contributed by atoms with Gasteiger partial charge < -0.3 is 21.5 Å². The molecule has 0 spiro atoms. The lowest BCUT2D eigenvalue weighted by Crippen LogP contribution is -2.69. The number of hydrogen-bond donors (Lipinski definition) is 3. The van der Waals surface area contributed by atoms with Crippen LogP contribution in [-0.2, 0) is 11.8 Å². The van der Waals surface area contributed by atoms with Gasteiger partial charge in [-0.15, -0.1) is 0 Å². The summed E-state index contributed by atoms with van der Waals surface area (Å²) in [5.41, 5.74) is 12.7. The van der Waals surface area contributed by atoms with Crippen molar-refractivity contribution in [3.05, 3.63) is 11.3 Å². The molecule has 0 aromatic carbocycles. The zero-order valence-electron chi connectivity index (χ0n) is 11.8. The fraction of sp³-hybridized carbons (Fsp3) is 0.692. The molecule has 1 saturated carbocycles. The van der Waals surface area contributed by atoms with Gasteiger partial charge in [-0.25, -0.2) is 0 Å². The number of rotatable bonds is 3. The Morgan fingerprint density at radius 1 is 1.55 bits per heavy atom. The van der Waals surface area contributed by atoms with Gasteiger partial charge in [0.05, 0.1) is 17.8 Å². The summed E-state index contributed by atoms with van der Waals surface area (Å²) in [7, 11) is 1.78. The van der Waals surface area contributed by atoms with Crippen LogP contribution in [0.2, 0.25) is 0 Å². The summed E-state index contributed by atoms with van der Waals surface area (Å²) in [5.74, 6) is 0.558. The van der Waals surface area contributed by atoms with Crippen LogP contribution in [0, 0.1) is 12.8 Å². The molecule has 1 amide bonds. The standard InChI is InChI=1S/C13H21N5O2/c1-6-8(12(15)19)13(18(2)17-6)16-10-9(14)7-4-3-5-20-11(7)10/h7,9-11,16H,3-5,14H2,1-2H3,(H2,15,19).